The molecule has 1 aliphatic carbocycles. The molecule has 0 radical (unpaired) electrons. The molecule has 2 aromatic heterocycles. The third-order valence-electron chi connectivity index (χ3n) is 4.81. The zero-order valence-electron chi connectivity index (χ0n) is 14.9. The maximum atomic E-state index is 13.7. The van der Waals surface area contributed by atoms with Gasteiger partial charge in [-0.25, -0.2) is 4.98 Å². The largest absolute Gasteiger partial charge is 0.320 e. The average Bonchev–Trinajstić information content (AvgIpc) is 3.35. The lowest BCUT2D eigenvalue weighted by Gasteiger charge is -2.10. The van der Waals surface area contributed by atoms with Crippen LogP contribution in [0.3, 0.4) is 0 Å². The minimum atomic E-state index is -2.64. The topological polar surface area (TPSA) is 48.5 Å². The number of alkyl halides is 2. The van der Waals surface area contributed by atoms with Gasteiger partial charge in [0.25, 0.3) is 0 Å². The van der Waals surface area contributed by atoms with Gasteiger partial charge in [-0.05, 0) is 37.1 Å². The van der Waals surface area contributed by atoms with Crippen LogP contribution in [0.15, 0.2) is 59.8 Å². The van der Waals surface area contributed by atoms with E-state index in [0.29, 0.717) is 27.9 Å². The van der Waals surface area contributed by atoms with Crippen molar-refractivity contribution in [2.45, 2.75) is 36.2 Å². The van der Waals surface area contributed by atoms with Crippen molar-refractivity contribution in [1.82, 2.24) is 24.3 Å². The monoisotopic (exact) mass is 397 g/mol. The molecule has 0 spiro atoms. The van der Waals surface area contributed by atoms with Crippen LogP contribution >= 0.6 is 11.8 Å². The Kier molecular flexibility index (Phi) is 4.35. The molecule has 1 aliphatic rings. The molecular formula is C20H17F2N5S. The summed E-state index contributed by atoms with van der Waals surface area (Å²) >= 11 is 1.38. The van der Waals surface area contributed by atoms with Crippen molar-refractivity contribution >= 4 is 22.8 Å². The van der Waals surface area contributed by atoms with E-state index >= 15 is 0 Å². The standard InChI is InChI=1S/C20H17F2N5S/c21-19(22)27-16-9-5-4-8-15(16)23-17(27)12-28-20-25-24-18(13-10-11-13)26(20)14-6-2-1-3-7-14/h1-9,13,19H,10-12H2. The van der Waals surface area contributed by atoms with Crippen molar-refractivity contribution < 1.29 is 8.78 Å². The Morgan fingerprint density at radius 1 is 1.00 bits per heavy atom. The summed E-state index contributed by atoms with van der Waals surface area (Å²) in [6.45, 7) is -2.64. The average molecular weight is 397 g/mol. The van der Waals surface area contributed by atoms with Crippen LogP contribution in [0, 0.1) is 0 Å². The zero-order valence-corrected chi connectivity index (χ0v) is 15.7. The van der Waals surface area contributed by atoms with Crippen LogP contribution in [-0.4, -0.2) is 24.3 Å². The third kappa shape index (κ3) is 3.07. The van der Waals surface area contributed by atoms with Gasteiger partial charge in [0.2, 0.25) is 0 Å². The summed E-state index contributed by atoms with van der Waals surface area (Å²) < 4.78 is 30.4. The number of nitrogens with zero attached hydrogens (tertiary/aromatic N) is 5. The van der Waals surface area contributed by atoms with E-state index in [1.165, 1.54) is 11.8 Å². The first kappa shape index (κ1) is 17.4. The summed E-state index contributed by atoms with van der Waals surface area (Å²) in [5.74, 6) is 1.98. The lowest BCUT2D eigenvalue weighted by Crippen LogP contribution is -2.05. The van der Waals surface area contributed by atoms with Crippen LogP contribution in [0.5, 0.6) is 0 Å². The van der Waals surface area contributed by atoms with Crippen LogP contribution in [0.1, 0.15) is 37.0 Å². The highest BCUT2D eigenvalue weighted by Crippen LogP contribution is 2.41. The molecule has 2 heterocycles. The summed E-state index contributed by atoms with van der Waals surface area (Å²) in [7, 11) is 0. The number of rotatable bonds is 6. The summed E-state index contributed by atoms with van der Waals surface area (Å²) in [6, 6.07) is 16.9. The van der Waals surface area contributed by atoms with Gasteiger partial charge < -0.3 is 0 Å². The predicted octanol–water partition coefficient (Wildman–Crippen LogP) is 5.18. The molecular weight excluding hydrogens is 380 g/mol. The molecule has 0 N–H and O–H groups in total. The van der Waals surface area contributed by atoms with Gasteiger partial charge in [-0.15, -0.1) is 10.2 Å². The van der Waals surface area contributed by atoms with Crippen molar-refractivity contribution in [3.05, 3.63) is 66.2 Å². The third-order valence-corrected chi connectivity index (χ3v) is 5.73. The molecule has 0 amide bonds. The van der Waals surface area contributed by atoms with Gasteiger partial charge >= 0.3 is 6.55 Å². The summed E-state index contributed by atoms with van der Waals surface area (Å²) in [5, 5.41) is 9.43. The number of benzene rings is 2. The summed E-state index contributed by atoms with van der Waals surface area (Å²) in [4.78, 5) is 4.41. The molecule has 8 heteroatoms. The van der Waals surface area contributed by atoms with Gasteiger partial charge in [-0.3, -0.25) is 9.13 Å². The summed E-state index contributed by atoms with van der Waals surface area (Å²) in [6.07, 6.45) is 2.22. The Bertz CT molecular complexity index is 1120. The minimum Gasteiger partial charge on any atom is -0.274 e. The number of halogens is 2. The fourth-order valence-corrected chi connectivity index (χ4v) is 4.23. The Morgan fingerprint density at radius 3 is 2.50 bits per heavy atom. The molecule has 142 valence electrons. The van der Waals surface area contributed by atoms with Crippen molar-refractivity contribution in [2.24, 2.45) is 0 Å². The molecule has 0 aliphatic heterocycles. The number of fused-ring (bicyclic) bond motifs is 1. The van der Waals surface area contributed by atoms with Gasteiger partial charge in [0, 0.05) is 11.6 Å². The molecule has 5 rings (SSSR count). The van der Waals surface area contributed by atoms with E-state index in [2.05, 4.69) is 15.2 Å². The lowest BCUT2D eigenvalue weighted by molar-refractivity contribution is 0.0722. The van der Waals surface area contributed by atoms with Gasteiger partial charge in [-0.2, -0.15) is 8.78 Å². The normalized spacial score (nSPS) is 14.2. The Labute approximate surface area is 164 Å². The minimum absolute atomic E-state index is 0.286. The molecule has 1 saturated carbocycles. The molecule has 5 nitrogen and oxygen atoms in total. The highest BCUT2D eigenvalue weighted by atomic mass is 32.2. The first-order valence-corrected chi connectivity index (χ1v) is 10.1. The summed E-state index contributed by atoms with van der Waals surface area (Å²) in [5.41, 5.74) is 2.00. The van der Waals surface area contributed by atoms with E-state index in [4.69, 9.17) is 0 Å². The fraction of sp³-hybridized carbons (Fsp3) is 0.250. The number of hydrogen-bond acceptors (Lipinski definition) is 4. The first-order chi connectivity index (χ1) is 13.7. The quantitative estimate of drug-likeness (QED) is 0.421. The van der Waals surface area contributed by atoms with Crippen LogP contribution in [0.2, 0.25) is 0 Å². The van der Waals surface area contributed by atoms with Crippen LogP contribution in [0.4, 0.5) is 8.78 Å². The Balaban J connectivity index is 1.50. The van der Waals surface area contributed by atoms with Gasteiger partial charge in [0.05, 0.1) is 16.8 Å². The van der Waals surface area contributed by atoms with Crippen molar-refractivity contribution in [3.8, 4) is 5.69 Å². The second-order valence-electron chi connectivity index (χ2n) is 6.74. The second kappa shape index (κ2) is 7.01. The number of hydrogen-bond donors (Lipinski definition) is 0. The van der Waals surface area contributed by atoms with Crippen LogP contribution in [0.25, 0.3) is 16.7 Å². The van der Waals surface area contributed by atoms with Crippen molar-refractivity contribution in [2.75, 3.05) is 0 Å². The van der Waals surface area contributed by atoms with Gasteiger partial charge in [0.1, 0.15) is 11.6 Å². The smallest absolute Gasteiger partial charge is 0.274 e. The highest BCUT2D eigenvalue weighted by Gasteiger charge is 2.31. The Hall–Kier alpha value is -2.74. The molecule has 2 aromatic carbocycles. The molecule has 0 atom stereocenters. The number of aromatic nitrogens is 5. The van der Waals surface area contributed by atoms with Crippen LogP contribution in [-0.2, 0) is 5.75 Å². The van der Waals surface area contributed by atoms with E-state index in [1.54, 1.807) is 24.3 Å². The molecule has 0 bridgehead atoms. The maximum Gasteiger partial charge on any atom is 0.320 e. The van der Waals surface area contributed by atoms with E-state index in [0.717, 1.165) is 28.9 Å². The zero-order chi connectivity index (χ0) is 19.1. The highest BCUT2D eigenvalue weighted by molar-refractivity contribution is 7.98. The van der Waals surface area contributed by atoms with E-state index < -0.39 is 6.55 Å². The van der Waals surface area contributed by atoms with E-state index in [-0.39, 0.29) is 5.75 Å². The van der Waals surface area contributed by atoms with E-state index in [1.807, 2.05) is 34.9 Å². The molecule has 28 heavy (non-hydrogen) atoms. The fourth-order valence-electron chi connectivity index (χ4n) is 3.34. The Morgan fingerprint density at radius 2 is 1.75 bits per heavy atom. The maximum absolute atomic E-state index is 13.7. The van der Waals surface area contributed by atoms with Crippen molar-refractivity contribution in [1.29, 1.82) is 0 Å². The lowest BCUT2D eigenvalue weighted by atomic mass is 10.3. The molecule has 1 fully saturated rings. The first-order valence-electron chi connectivity index (χ1n) is 9.10. The second-order valence-corrected chi connectivity index (χ2v) is 7.68. The number of imidazole rings is 1. The molecule has 0 saturated heterocycles. The molecule has 0 unspecified atom stereocenters. The predicted molar refractivity (Wildman–Crippen MR) is 104 cm³/mol. The SMILES string of the molecule is FC(F)n1c(CSc2nnc(C3CC3)n2-c2ccccc2)nc2ccccc21. The van der Waals surface area contributed by atoms with Crippen LogP contribution < -0.4 is 0 Å². The van der Waals surface area contributed by atoms with Gasteiger partial charge in [-0.1, -0.05) is 42.1 Å². The van der Waals surface area contributed by atoms with Crippen molar-refractivity contribution in [3.63, 3.8) is 0 Å². The number of thioether (sulfide) groups is 1. The van der Waals surface area contributed by atoms with Gasteiger partial charge in [0.15, 0.2) is 5.16 Å². The van der Waals surface area contributed by atoms with E-state index in [9.17, 15) is 8.78 Å². The number of para-hydroxylation sites is 3. The molecule has 4 aromatic rings.